The number of benzene rings is 1. The summed E-state index contributed by atoms with van der Waals surface area (Å²) < 4.78 is 37.1. The second-order valence-corrected chi connectivity index (χ2v) is 3.86. The molecule has 6 heteroatoms. The molecule has 1 rings (SSSR count). The van der Waals surface area contributed by atoms with Crippen molar-refractivity contribution in [2.24, 2.45) is 5.92 Å². The van der Waals surface area contributed by atoms with Gasteiger partial charge in [0, 0.05) is 12.2 Å². The van der Waals surface area contributed by atoms with Gasteiger partial charge in [0.1, 0.15) is 0 Å². The topological polar surface area (TPSA) is 49.3 Å². The zero-order valence-electron chi connectivity index (χ0n) is 9.79. The predicted octanol–water partition coefficient (Wildman–Crippen LogP) is 2.92. The van der Waals surface area contributed by atoms with Crippen molar-refractivity contribution < 1.29 is 23.1 Å². The predicted molar refractivity (Wildman–Crippen MR) is 61.5 cm³/mol. The maximum atomic E-state index is 12.4. The van der Waals surface area contributed by atoms with E-state index >= 15 is 0 Å². The molecule has 0 amide bonds. The molecule has 0 heterocycles. The molecule has 0 aliphatic carbocycles. The highest BCUT2D eigenvalue weighted by Crippen LogP contribution is 2.26. The van der Waals surface area contributed by atoms with Crippen molar-refractivity contribution >= 4 is 11.7 Å². The average molecular weight is 261 g/mol. The zero-order valence-corrected chi connectivity index (χ0v) is 9.79. The number of nitrogens with one attached hydrogen (secondary N) is 1. The van der Waals surface area contributed by atoms with Gasteiger partial charge in [0.25, 0.3) is 0 Å². The Balaban J connectivity index is 2.64. The summed E-state index contributed by atoms with van der Waals surface area (Å²) in [5.41, 5.74) is 1.54. The van der Waals surface area contributed by atoms with Crippen LogP contribution < -0.4 is 5.32 Å². The van der Waals surface area contributed by atoms with Crippen molar-refractivity contribution in [2.45, 2.75) is 19.5 Å². The number of aryl methyl sites for hydroxylation is 1. The van der Waals surface area contributed by atoms with Crippen molar-refractivity contribution in [2.75, 3.05) is 11.9 Å². The van der Waals surface area contributed by atoms with Crippen molar-refractivity contribution in [3.63, 3.8) is 0 Å². The molecule has 1 atom stereocenters. The molecule has 3 nitrogen and oxygen atoms in total. The number of carbonyl (C=O) groups is 1. The maximum Gasteiger partial charge on any atom is 0.403 e. The van der Waals surface area contributed by atoms with Crippen LogP contribution in [-0.4, -0.2) is 23.8 Å². The number of hydrogen-bond donors (Lipinski definition) is 2. The first-order chi connectivity index (χ1) is 8.34. The normalized spacial score (nSPS) is 13.1. The maximum absolute atomic E-state index is 12.4. The molecule has 100 valence electrons. The summed E-state index contributed by atoms with van der Waals surface area (Å²) >= 11 is 0. The summed E-state index contributed by atoms with van der Waals surface area (Å²) in [7, 11) is 0. The molecule has 0 saturated carbocycles. The third-order valence-electron chi connectivity index (χ3n) is 2.57. The summed E-state index contributed by atoms with van der Waals surface area (Å²) in [4.78, 5) is 10.5. The minimum Gasteiger partial charge on any atom is -0.481 e. The van der Waals surface area contributed by atoms with E-state index in [1.54, 1.807) is 24.3 Å². The first kappa shape index (κ1) is 14.3. The number of hydrogen-bond acceptors (Lipinski definition) is 2. The third-order valence-corrected chi connectivity index (χ3v) is 2.57. The van der Waals surface area contributed by atoms with Crippen LogP contribution in [0.15, 0.2) is 24.3 Å². The summed E-state index contributed by atoms with van der Waals surface area (Å²) in [6.45, 7) is 1.29. The Labute approximate surface area is 103 Å². The Morgan fingerprint density at radius 1 is 1.33 bits per heavy atom. The van der Waals surface area contributed by atoms with Crippen LogP contribution in [0, 0.1) is 5.92 Å². The molecule has 0 fully saturated rings. The molecule has 1 aromatic rings. The molecule has 0 radical (unpaired) electrons. The van der Waals surface area contributed by atoms with E-state index in [-0.39, 0.29) is 0 Å². The first-order valence-corrected chi connectivity index (χ1v) is 5.47. The van der Waals surface area contributed by atoms with Crippen LogP contribution in [-0.2, 0) is 11.2 Å². The van der Waals surface area contributed by atoms with Crippen LogP contribution >= 0.6 is 0 Å². The van der Waals surface area contributed by atoms with Gasteiger partial charge in [0.2, 0.25) is 0 Å². The molecule has 18 heavy (non-hydrogen) atoms. The van der Waals surface area contributed by atoms with Gasteiger partial charge >= 0.3 is 12.1 Å². The van der Waals surface area contributed by atoms with E-state index in [0.717, 1.165) is 12.0 Å². The molecule has 0 saturated heterocycles. The van der Waals surface area contributed by atoms with Crippen LogP contribution in [0.3, 0.4) is 0 Å². The molecular formula is C12H14F3NO2. The van der Waals surface area contributed by atoms with Gasteiger partial charge in [-0.3, -0.25) is 4.79 Å². The highest BCUT2D eigenvalue weighted by atomic mass is 19.4. The van der Waals surface area contributed by atoms with E-state index in [1.807, 2.05) is 6.92 Å². The number of carboxylic acids is 1. The lowest BCUT2D eigenvalue weighted by atomic mass is 10.1. The van der Waals surface area contributed by atoms with Crippen molar-refractivity contribution in [3.8, 4) is 0 Å². The van der Waals surface area contributed by atoms with Gasteiger partial charge in [-0.25, -0.2) is 0 Å². The van der Waals surface area contributed by atoms with E-state index in [9.17, 15) is 18.0 Å². The van der Waals surface area contributed by atoms with Crippen LogP contribution in [0.1, 0.15) is 12.5 Å². The zero-order chi connectivity index (χ0) is 13.8. The van der Waals surface area contributed by atoms with E-state index < -0.39 is 24.6 Å². The molecule has 0 aliphatic heterocycles. The molecule has 0 spiro atoms. The molecule has 0 aromatic heterocycles. The fourth-order valence-electron chi connectivity index (χ4n) is 1.42. The number of alkyl halides is 3. The Morgan fingerprint density at radius 2 is 1.89 bits per heavy atom. The van der Waals surface area contributed by atoms with E-state index in [0.29, 0.717) is 5.69 Å². The summed E-state index contributed by atoms with van der Waals surface area (Å²) in [6, 6.07) is 6.83. The summed E-state index contributed by atoms with van der Waals surface area (Å²) in [5.74, 6) is -4.27. The number of anilines is 1. The fourth-order valence-corrected chi connectivity index (χ4v) is 1.42. The summed E-state index contributed by atoms with van der Waals surface area (Å²) in [6.07, 6.45) is -3.91. The van der Waals surface area contributed by atoms with Gasteiger partial charge in [0.05, 0.1) is 0 Å². The smallest absolute Gasteiger partial charge is 0.403 e. The van der Waals surface area contributed by atoms with Crippen LogP contribution in [0.5, 0.6) is 0 Å². The monoisotopic (exact) mass is 261 g/mol. The largest absolute Gasteiger partial charge is 0.481 e. The van der Waals surface area contributed by atoms with Crippen LogP contribution in [0.4, 0.5) is 18.9 Å². The quantitative estimate of drug-likeness (QED) is 0.856. The number of carboxylic acid groups (broad SMARTS) is 1. The van der Waals surface area contributed by atoms with Gasteiger partial charge in [-0.05, 0) is 24.1 Å². The van der Waals surface area contributed by atoms with Crippen molar-refractivity contribution in [3.05, 3.63) is 29.8 Å². The highest BCUT2D eigenvalue weighted by Gasteiger charge is 2.44. The summed E-state index contributed by atoms with van der Waals surface area (Å²) in [5, 5.41) is 11.0. The fraction of sp³-hybridized carbons (Fsp3) is 0.417. The Kier molecular flexibility index (Phi) is 4.58. The van der Waals surface area contributed by atoms with Crippen LogP contribution in [0.25, 0.3) is 0 Å². The molecule has 1 aromatic carbocycles. The molecule has 0 bridgehead atoms. The van der Waals surface area contributed by atoms with E-state index in [1.165, 1.54) is 0 Å². The first-order valence-electron chi connectivity index (χ1n) is 5.47. The standard InChI is InChI=1S/C12H14F3NO2/c1-2-8-3-5-9(6-4-8)16-7-10(11(17)18)12(13,14)15/h3-6,10,16H,2,7H2,1H3,(H,17,18). The van der Waals surface area contributed by atoms with Crippen LogP contribution in [0.2, 0.25) is 0 Å². The lowest BCUT2D eigenvalue weighted by molar-refractivity contribution is -0.190. The second kappa shape index (κ2) is 5.75. The average Bonchev–Trinajstić information content (AvgIpc) is 2.28. The van der Waals surface area contributed by atoms with Gasteiger partial charge in [0.15, 0.2) is 5.92 Å². The third kappa shape index (κ3) is 3.94. The number of aliphatic carboxylic acids is 1. The van der Waals surface area contributed by atoms with Gasteiger partial charge in [-0.15, -0.1) is 0 Å². The molecule has 1 unspecified atom stereocenters. The van der Waals surface area contributed by atoms with E-state index in [2.05, 4.69) is 5.32 Å². The molecule has 2 N–H and O–H groups in total. The Bertz CT molecular complexity index is 401. The van der Waals surface area contributed by atoms with E-state index in [4.69, 9.17) is 5.11 Å². The number of rotatable bonds is 5. The highest BCUT2D eigenvalue weighted by molar-refractivity contribution is 5.71. The van der Waals surface area contributed by atoms with Gasteiger partial charge in [-0.1, -0.05) is 19.1 Å². The minimum atomic E-state index is -4.75. The second-order valence-electron chi connectivity index (χ2n) is 3.86. The lowest BCUT2D eigenvalue weighted by Gasteiger charge is -2.17. The van der Waals surface area contributed by atoms with Crippen molar-refractivity contribution in [1.29, 1.82) is 0 Å². The number of halogens is 3. The van der Waals surface area contributed by atoms with Gasteiger partial charge < -0.3 is 10.4 Å². The Hall–Kier alpha value is -1.72. The molecule has 0 aliphatic rings. The molecular weight excluding hydrogens is 247 g/mol. The lowest BCUT2D eigenvalue weighted by Crippen LogP contribution is -2.36. The van der Waals surface area contributed by atoms with Gasteiger partial charge in [-0.2, -0.15) is 13.2 Å². The minimum absolute atomic E-state index is 0.475. The Morgan fingerprint density at radius 3 is 2.28 bits per heavy atom. The SMILES string of the molecule is CCc1ccc(NCC(C(=O)O)C(F)(F)F)cc1. The van der Waals surface area contributed by atoms with Crippen molar-refractivity contribution in [1.82, 2.24) is 0 Å².